The zero-order valence-corrected chi connectivity index (χ0v) is 6.67. The molecule has 0 atom stereocenters. The van der Waals surface area contributed by atoms with Crippen LogP contribution in [0.5, 0.6) is 0 Å². The topological polar surface area (TPSA) is 98.6 Å². The van der Waals surface area contributed by atoms with E-state index in [1.165, 1.54) is 0 Å². The van der Waals surface area contributed by atoms with E-state index in [2.05, 4.69) is 0 Å². The van der Waals surface area contributed by atoms with E-state index in [-0.39, 0.29) is 54.4 Å². The predicted molar refractivity (Wildman–Crippen MR) is 49.9 cm³/mol. The van der Waals surface area contributed by atoms with Gasteiger partial charge in [-0.25, -0.2) is 14.4 Å². The maximum absolute atomic E-state index is 10.2. The van der Waals surface area contributed by atoms with Gasteiger partial charge in [0, 0.05) is 0 Å². The first-order valence-corrected chi connectivity index (χ1v) is 2.11. The Kier molecular flexibility index (Phi) is 11.4. The van der Waals surface area contributed by atoms with Crippen molar-refractivity contribution in [2.45, 2.75) is 0 Å². The first kappa shape index (κ1) is 17.9. The van der Waals surface area contributed by atoms with Gasteiger partial charge in [-0.3, -0.25) is 15.0 Å². The van der Waals surface area contributed by atoms with Crippen LogP contribution in [0.25, 0.3) is 0 Å². The van der Waals surface area contributed by atoms with Crippen molar-refractivity contribution in [3.8, 4) is 0 Å². The fourth-order valence-electron chi connectivity index (χ4n) is 0.403. The molecule has 0 saturated carbocycles. The third-order valence-electron chi connectivity index (χ3n) is 0.681. The molecule has 66 valence electrons. The zero-order valence-electron chi connectivity index (χ0n) is 5.04. The second kappa shape index (κ2) is 7.63. The molecule has 0 amide bonds. The number of hydrogen-bond donors (Lipinski definition) is 3. The Bertz CT molecular complexity index is 289. The second-order valence-electron chi connectivity index (χ2n) is 1.36. The number of halogens is 2. The Morgan fingerprint density at radius 1 is 0.667 bits per heavy atom. The van der Waals surface area contributed by atoms with Crippen LogP contribution in [0.1, 0.15) is 0 Å². The molecular weight excluding hydrogens is 220 g/mol. The number of nitrogens with one attached hydrogen (secondary N) is 3. The molecule has 0 fully saturated rings. The van der Waals surface area contributed by atoms with Crippen LogP contribution in [0, 0.1) is 0 Å². The summed E-state index contributed by atoms with van der Waals surface area (Å²) in [7, 11) is 0. The van der Waals surface area contributed by atoms with Crippen molar-refractivity contribution in [1.29, 1.82) is 0 Å². The van der Waals surface area contributed by atoms with Crippen LogP contribution >= 0.6 is 24.8 Å². The van der Waals surface area contributed by atoms with Gasteiger partial charge in [0.05, 0.1) is 0 Å². The molecule has 12 heavy (non-hydrogen) atoms. The molecule has 3 N–H and O–H groups in total. The van der Waals surface area contributed by atoms with E-state index in [4.69, 9.17) is 0 Å². The van der Waals surface area contributed by atoms with E-state index in [1.807, 2.05) is 0 Å². The van der Waals surface area contributed by atoms with E-state index >= 15 is 0 Å². The molecule has 0 unspecified atom stereocenters. The van der Waals surface area contributed by atoms with Crippen LogP contribution in [0.4, 0.5) is 0 Å². The van der Waals surface area contributed by atoms with E-state index in [1.54, 1.807) is 15.0 Å². The molecule has 0 radical (unpaired) electrons. The summed E-state index contributed by atoms with van der Waals surface area (Å²) >= 11 is 0. The van der Waals surface area contributed by atoms with E-state index < -0.39 is 17.1 Å². The first-order valence-electron chi connectivity index (χ1n) is 2.11. The molecule has 9 heteroatoms. The molecule has 0 aliphatic carbocycles. The SMILES string of the molecule is Cl.Cl.O=c1[nH]c(=O)[nH]c(=O)[nH]1.[NaH]. The van der Waals surface area contributed by atoms with Gasteiger partial charge in [0.25, 0.3) is 0 Å². The Balaban J connectivity index is -0.000000270. The normalized spacial score (nSPS) is 7.00. The summed E-state index contributed by atoms with van der Waals surface area (Å²) in [5, 5.41) is 0. The molecule has 1 rings (SSSR count). The molecule has 0 aliphatic rings. The Hall–Kier alpha value is -0.0100. The standard InChI is InChI=1S/C3H3N3O3.2ClH.Na.H/c7-1-4-2(8)6-3(9)5-1;;;;/h(H3,4,5,6,7,8,9);2*1H;;. The molecular formula is C3H6Cl2N3NaO3. The van der Waals surface area contributed by atoms with Crippen molar-refractivity contribution < 1.29 is 0 Å². The second-order valence-corrected chi connectivity index (χ2v) is 1.36. The minimum atomic E-state index is -0.802. The van der Waals surface area contributed by atoms with Gasteiger partial charge < -0.3 is 0 Å². The summed E-state index contributed by atoms with van der Waals surface area (Å²) in [6.07, 6.45) is 0. The average molecular weight is 226 g/mol. The third-order valence-corrected chi connectivity index (χ3v) is 0.681. The van der Waals surface area contributed by atoms with Crippen LogP contribution < -0.4 is 17.1 Å². The molecule has 6 nitrogen and oxygen atoms in total. The van der Waals surface area contributed by atoms with Gasteiger partial charge in [-0.1, -0.05) is 0 Å². The number of rotatable bonds is 0. The minimum absolute atomic E-state index is 0. The zero-order chi connectivity index (χ0) is 6.85. The fourth-order valence-corrected chi connectivity index (χ4v) is 0.403. The van der Waals surface area contributed by atoms with E-state index in [0.717, 1.165) is 0 Å². The summed E-state index contributed by atoms with van der Waals surface area (Å²) in [4.78, 5) is 35.9. The van der Waals surface area contributed by atoms with Crippen LogP contribution in [-0.4, -0.2) is 44.5 Å². The van der Waals surface area contributed by atoms with Crippen molar-refractivity contribution in [2.75, 3.05) is 0 Å². The van der Waals surface area contributed by atoms with Gasteiger partial charge in [0.1, 0.15) is 0 Å². The van der Waals surface area contributed by atoms with Gasteiger partial charge in [0.15, 0.2) is 0 Å². The quantitative estimate of drug-likeness (QED) is 0.444. The van der Waals surface area contributed by atoms with Crippen LogP contribution in [-0.2, 0) is 0 Å². The molecule has 0 saturated heterocycles. The Morgan fingerprint density at radius 2 is 0.833 bits per heavy atom. The van der Waals surface area contributed by atoms with E-state index in [9.17, 15) is 14.4 Å². The van der Waals surface area contributed by atoms with Gasteiger partial charge in [-0.2, -0.15) is 0 Å². The average Bonchev–Trinajstić information content (AvgIpc) is 1.59. The molecule has 0 spiro atoms. The molecule has 0 aliphatic heterocycles. The number of aromatic nitrogens is 3. The van der Waals surface area contributed by atoms with Gasteiger partial charge in [-0.15, -0.1) is 24.8 Å². The maximum atomic E-state index is 10.2. The van der Waals surface area contributed by atoms with Crippen LogP contribution in [0.2, 0.25) is 0 Å². The van der Waals surface area contributed by atoms with Crippen molar-refractivity contribution in [2.24, 2.45) is 0 Å². The van der Waals surface area contributed by atoms with Crippen molar-refractivity contribution >= 4 is 54.4 Å². The van der Waals surface area contributed by atoms with Crippen LogP contribution in [0.15, 0.2) is 14.4 Å². The summed E-state index contributed by atoms with van der Waals surface area (Å²) in [6, 6.07) is 0. The molecule has 1 aromatic heterocycles. The number of hydrogen-bond acceptors (Lipinski definition) is 3. The summed E-state index contributed by atoms with van der Waals surface area (Å²) < 4.78 is 0. The van der Waals surface area contributed by atoms with Crippen molar-refractivity contribution in [1.82, 2.24) is 15.0 Å². The third kappa shape index (κ3) is 5.62. The Morgan fingerprint density at radius 3 is 1.00 bits per heavy atom. The number of H-pyrrole nitrogens is 3. The molecule has 1 aromatic rings. The van der Waals surface area contributed by atoms with Crippen LogP contribution in [0.3, 0.4) is 0 Å². The summed E-state index contributed by atoms with van der Waals surface area (Å²) in [5.74, 6) is 0. The molecule has 1 heterocycles. The van der Waals surface area contributed by atoms with Crippen molar-refractivity contribution in [3.05, 3.63) is 31.5 Å². The van der Waals surface area contributed by atoms with Gasteiger partial charge in [-0.05, 0) is 0 Å². The summed E-state index contributed by atoms with van der Waals surface area (Å²) in [6.45, 7) is 0. The Labute approximate surface area is 100 Å². The van der Waals surface area contributed by atoms with Gasteiger partial charge >= 0.3 is 46.6 Å². The monoisotopic (exact) mass is 225 g/mol. The van der Waals surface area contributed by atoms with E-state index in [0.29, 0.717) is 0 Å². The van der Waals surface area contributed by atoms with Gasteiger partial charge in [0.2, 0.25) is 0 Å². The fraction of sp³-hybridized carbons (Fsp3) is 0. The van der Waals surface area contributed by atoms with Crippen molar-refractivity contribution in [3.63, 3.8) is 0 Å². The predicted octanol–water partition coefficient (Wildman–Crippen LogP) is -2.05. The molecule has 0 bridgehead atoms. The first-order chi connectivity index (χ1) is 4.18. The molecule has 0 aromatic carbocycles. The number of aromatic amines is 3. The summed E-state index contributed by atoms with van der Waals surface area (Å²) in [5.41, 5.74) is -2.41.